The van der Waals surface area contributed by atoms with Gasteiger partial charge in [0.15, 0.2) is 0 Å². The maximum atomic E-state index is 9.43. The molecule has 0 radical (unpaired) electrons. The summed E-state index contributed by atoms with van der Waals surface area (Å²) in [5.74, 6) is 1.21. The van der Waals surface area contributed by atoms with Gasteiger partial charge in [0, 0.05) is 6.04 Å². The Kier molecular flexibility index (Phi) is 3.49. The van der Waals surface area contributed by atoms with Crippen LogP contribution in [-0.2, 0) is 0 Å². The van der Waals surface area contributed by atoms with Gasteiger partial charge in [-0.05, 0) is 43.7 Å². The van der Waals surface area contributed by atoms with Crippen LogP contribution in [0, 0.1) is 0 Å². The van der Waals surface area contributed by atoms with Crippen LogP contribution in [-0.4, -0.2) is 5.11 Å². The number of nitrogens with one attached hydrogen (secondary N) is 1. The standard InChI is InChI=1S/C14H17NO2/c1-10(12-5-3-6-13(16)9-12)15-11(2)14-7-4-8-17-14/h3-11,15-16H,1-2H3/t10?,11-/m1/s1. The van der Waals surface area contributed by atoms with Crippen LogP contribution in [0.4, 0.5) is 0 Å². The third kappa shape index (κ3) is 2.88. The number of phenols is 1. The molecule has 0 spiro atoms. The molecular weight excluding hydrogens is 214 g/mol. The van der Waals surface area contributed by atoms with E-state index in [2.05, 4.69) is 19.2 Å². The average Bonchev–Trinajstić information content (AvgIpc) is 2.82. The third-order valence-corrected chi connectivity index (χ3v) is 2.84. The maximum absolute atomic E-state index is 9.43. The van der Waals surface area contributed by atoms with E-state index in [9.17, 15) is 5.11 Å². The van der Waals surface area contributed by atoms with Crippen molar-refractivity contribution in [3.8, 4) is 5.75 Å². The molecule has 0 saturated heterocycles. The van der Waals surface area contributed by atoms with Crippen LogP contribution < -0.4 is 5.32 Å². The summed E-state index contributed by atoms with van der Waals surface area (Å²) in [6.07, 6.45) is 1.67. The largest absolute Gasteiger partial charge is 0.508 e. The molecule has 2 aromatic rings. The van der Waals surface area contributed by atoms with E-state index < -0.39 is 0 Å². The van der Waals surface area contributed by atoms with Crippen LogP contribution in [0.2, 0.25) is 0 Å². The van der Waals surface area contributed by atoms with E-state index in [1.807, 2.05) is 24.3 Å². The topological polar surface area (TPSA) is 45.4 Å². The van der Waals surface area contributed by atoms with Crippen LogP contribution in [0.25, 0.3) is 0 Å². The second kappa shape index (κ2) is 5.06. The number of hydrogen-bond donors (Lipinski definition) is 2. The number of phenolic OH excluding ortho intramolecular Hbond substituents is 1. The predicted molar refractivity (Wildman–Crippen MR) is 66.8 cm³/mol. The Morgan fingerprint density at radius 3 is 2.59 bits per heavy atom. The molecule has 0 amide bonds. The minimum Gasteiger partial charge on any atom is -0.508 e. The Bertz CT molecular complexity index is 465. The van der Waals surface area contributed by atoms with Crippen molar-refractivity contribution in [2.75, 3.05) is 0 Å². The number of rotatable bonds is 4. The second-order valence-corrected chi connectivity index (χ2v) is 4.22. The van der Waals surface area contributed by atoms with Crippen LogP contribution in [0.15, 0.2) is 47.1 Å². The van der Waals surface area contributed by atoms with Gasteiger partial charge in [-0.3, -0.25) is 0 Å². The Morgan fingerprint density at radius 2 is 1.94 bits per heavy atom. The zero-order valence-corrected chi connectivity index (χ0v) is 10.1. The van der Waals surface area contributed by atoms with Gasteiger partial charge in [-0.15, -0.1) is 0 Å². The minimum atomic E-state index is 0.141. The number of furan rings is 1. The van der Waals surface area contributed by atoms with E-state index in [0.717, 1.165) is 11.3 Å². The Morgan fingerprint density at radius 1 is 1.12 bits per heavy atom. The number of aromatic hydroxyl groups is 1. The van der Waals surface area contributed by atoms with Gasteiger partial charge in [-0.25, -0.2) is 0 Å². The first-order valence-electron chi connectivity index (χ1n) is 5.75. The van der Waals surface area contributed by atoms with Crippen molar-refractivity contribution in [3.63, 3.8) is 0 Å². The molecule has 2 atom stereocenters. The number of benzene rings is 1. The SMILES string of the molecule is CC(N[C@H](C)c1ccco1)c1cccc(O)c1. The molecule has 0 aliphatic carbocycles. The highest BCUT2D eigenvalue weighted by Gasteiger charge is 2.13. The highest BCUT2D eigenvalue weighted by atomic mass is 16.3. The molecule has 17 heavy (non-hydrogen) atoms. The molecular formula is C14H17NO2. The monoisotopic (exact) mass is 231 g/mol. The lowest BCUT2D eigenvalue weighted by Crippen LogP contribution is -2.22. The molecule has 0 saturated carbocycles. The van der Waals surface area contributed by atoms with Gasteiger partial charge in [0.05, 0.1) is 12.3 Å². The van der Waals surface area contributed by atoms with Crippen LogP contribution in [0.1, 0.15) is 37.3 Å². The zero-order chi connectivity index (χ0) is 12.3. The van der Waals surface area contributed by atoms with Crippen LogP contribution in [0.3, 0.4) is 0 Å². The fourth-order valence-electron chi connectivity index (χ4n) is 1.89. The van der Waals surface area contributed by atoms with Gasteiger partial charge in [0.2, 0.25) is 0 Å². The Labute approximate surface area is 101 Å². The molecule has 2 N–H and O–H groups in total. The van der Waals surface area contributed by atoms with Crippen molar-refractivity contribution in [2.45, 2.75) is 25.9 Å². The molecule has 1 aromatic carbocycles. The molecule has 2 rings (SSSR count). The Balaban J connectivity index is 2.04. The van der Waals surface area contributed by atoms with E-state index in [4.69, 9.17) is 4.42 Å². The summed E-state index contributed by atoms with van der Waals surface area (Å²) >= 11 is 0. The molecule has 1 heterocycles. The minimum absolute atomic E-state index is 0.141. The van der Waals surface area contributed by atoms with Gasteiger partial charge < -0.3 is 14.8 Å². The lowest BCUT2D eigenvalue weighted by Gasteiger charge is -2.19. The van der Waals surface area contributed by atoms with Crippen molar-refractivity contribution >= 4 is 0 Å². The summed E-state index contributed by atoms with van der Waals surface area (Å²) < 4.78 is 5.34. The normalized spacial score (nSPS) is 14.5. The summed E-state index contributed by atoms with van der Waals surface area (Å²) in [6.45, 7) is 4.12. The summed E-state index contributed by atoms with van der Waals surface area (Å²) in [4.78, 5) is 0. The molecule has 0 bridgehead atoms. The number of hydrogen-bond acceptors (Lipinski definition) is 3. The maximum Gasteiger partial charge on any atom is 0.120 e. The average molecular weight is 231 g/mol. The second-order valence-electron chi connectivity index (χ2n) is 4.22. The van der Waals surface area contributed by atoms with Gasteiger partial charge in [-0.1, -0.05) is 12.1 Å². The lowest BCUT2D eigenvalue weighted by atomic mass is 10.1. The van der Waals surface area contributed by atoms with Crippen LogP contribution in [0.5, 0.6) is 5.75 Å². The van der Waals surface area contributed by atoms with Gasteiger partial charge in [-0.2, -0.15) is 0 Å². The smallest absolute Gasteiger partial charge is 0.120 e. The lowest BCUT2D eigenvalue weighted by molar-refractivity contribution is 0.402. The van der Waals surface area contributed by atoms with Crippen molar-refractivity contribution in [1.29, 1.82) is 0 Å². The molecule has 0 aliphatic heterocycles. The van der Waals surface area contributed by atoms with Crippen molar-refractivity contribution in [1.82, 2.24) is 5.32 Å². The molecule has 90 valence electrons. The summed E-state index contributed by atoms with van der Waals surface area (Å²) in [5, 5.41) is 12.9. The Hall–Kier alpha value is -1.74. The first kappa shape index (κ1) is 11.7. The fourth-order valence-corrected chi connectivity index (χ4v) is 1.89. The van der Waals surface area contributed by atoms with E-state index in [-0.39, 0.29) is 12.1 Å². The van der Waals surface area contributed by atoms with E-state index in [1.54, 1.807) is 18.4 Å². The fraction of sp³-hybridized carbons (Fsp3) is 0.286. The van der Waals surface area contributed by atoms with Gasteiger partial charge >= 0.3 is 0 Å². The third-order valence-electron chi connectivity index (χ3n) is 2.84. The van der Waals surface area contributed by atoms with Crippen molar-refractivity contribution in [2.24, 2.45) is 0 Å². The first-order valence-corrected chi connectivity index (χ1v) is 5.75. The van der Waals surface area contributed by atoms with E-state index >= 15 is 0 Å². The van der Waals surface area contributed by atoms with Crippen molar-refractivity contribution < 1.29 is 9.52 Å². The molecule has 3 heteroatoms. The molecule has 1 aromatic heterocycles. The van der Waals surface area contributed by atoms with Crippen molar-refractivity contribution in [3.05, 3.63) is 54.0 Å². The van der Waals surface area contributed by atoms with E-state index in [1.165, 1.54) is 0 Å². The quantitative estimate of drug-likeness (QED) is 0.847. The first-order chi connectivity index (χ1) is 8.16. The highest BCUT2D eigenvalue weighted by Crippen LogP contribution is 2.21. The molecule has 1 unspecified atom stereocenters. The zero-order valence-electron chi connectivity index (χ0n) is 10.1. The van der Waals surface area contributed by atoms with Crippen LogP contribution >= 0.6 is 0 Å². The molecule has 3 nitrogen and oxygen atoms in total. The molecule has 0 fully saturated rings. The highest BCUT2D eigenvalue weighted by molar-refractivity contribution is 5.29. The van der Waals surface area contributed by atoms with Gasteiger partial charge in [0.25, 0.3) is 0 Å². The summed E-state index contributed by atoms with van der Waals surface area (Å²) in [6, 6.07) is 11.4. The van der Waals surface area contributed by atoms with Gasteiger partial charge in [0.1, 0.15) is 11.5 Å². The molecule has 0 aliphatic rings. The van der Waals surface area contributed by atoms with E-state index in [0.29, 0.717) is 5.75 Å². The summed E-state index contributed by atoms with van der Waals surface area (Å²) in [7, 11) is 0. The summed E-state index contributed by atoms with van der Waals surface area (Å²) in [5.41, 5.74) is 1.06. The predicted octanol–water partition coefficient (Wildman–Crippen LogP) is 3.40.